The van der Waals surface area contributed by atoms with Crippen molar-refractivity contribution in [2.24, 2.45) is 5.92 Å². The van der Waals surface area contributed by atoms with E-state index in [2.05, 4.69) is 41.6 Å². The molecule has 1 atom stereocenters. The highest BCUT2D eigenvalue weighted by atomic mass is 32.1. The maximum absolute atomic E-state index is 13.2. The predicted molar refractivity (Wildman–Crippen MR) is 106 cm³/mol. The van der Waals surface area contributed by atoms with Crippen LogP contribution in [0.15, 0.2) is 22.9 Å². The summed E-state index contributed by atoms with van der Waals surface area (Å²) in [6.07, 6.45) is 2.10. The Morgan fingerprint density at radius 3 is 2.31 bits per heavy atom. The number of thiophene rings is 2. The Morgan fingerprint density at radius 1 is 1.19 bits per heavy atom. The van der Waals surface area contributed by atoms with E-state index in [9.17, 15) is 14.7 Å². The van der Waals surface area contributed by atoms with Gasteiger partial charge in [0.05, 0.1) is 11.8 Å². The van der Waals surface area contributed by atoms with Gasteiger partial charge >= 0.3 is 5.97 Å². The van der Waals surface area contributed by atoms with Gasteiger partial charge in [0.2, 0.25) is 0 Å². The molecular formula is C20H25NO3S2. The molecule has 0 aliphatic carbocycles. The second kappa shape index (κ2) is 8.46. The quantitative estimate of drug-likeness (QED) is 0.764. The first-order valence-electron chi connectivity index (χ1n) is 9.03. The smallest absolute Gasteiger partial charge is 0.307 e. The van der Waals surface area contributed by atoms with Crippen LogP contribution in [0.2, 0.25) is 0 Å². The summed E-state index contributed by atoms with van der Waals surface area (Å²) >= 11 is 3.31. The molecule has 1 aliphatic heterocycles. The number of carbonyl (C=O) groups excluding carboxylic acids is 1. The number of carboxylic acids is 1. The molecule has 1 fully saturated rings. The van der Waals surface area contributed by atoms with Gasteiger partial charge in [-0.3, -0.25) is 9.59 Å². The van der Waals surface area contributed by atoms with Crippen molar-refractivity contribution >= 4 is 34.4 Å². The fourth-order valence-electron chi connectivity index (χ4n) is 3.64. The molecule has 1 aliphatic rings. The lowest BCUT2D eigenvalue weighted by Gasteiger charge is -2.30. The molecule has 1 N–H and O–H groups in total. The zero-order chi connectivity index (χ0) is 18.7. The van der Waals surface area contributed by atoms with Gasteiger partial charge in [0.25, 0.3) is 0 Å². The standard InChI is InChI=1S/C20H25NO3S2/c1-13-6-10-25-18(13)17(19-14(2)7-11-26-19)16(22)5-9-21-8-3-4-15(12-21)20(23)24/h6-7,10-11,15,17H,3-5,8-9,12H2,1-2H3,(H,23,24)/t15-/m0/s1. The van der Waals surface area contributed by atoms with Crippen LogP contribution in [-0.2, 0) is 9.59 Å². The van der Waals surface area contributed by atoms with Gasteiger partial charge in [0.15, 0.2) is 0 Å². The first-order chi connectivity index (χ1) is 12.5. The predicted octanol–water partition coefficient (Wildman–Crippen LogP) is 4.31. The van der Waals surface area contributed by atoms with Crippen LogP contribution in [0.5, 0.6) is 0 Å². The van der Waals surface area contributed by atoms with Crippen LogP contribution in [-0.4, -0.2) is 41.4 Å². The van der Waals surface area contributed by atoms with Crippen LogP contribution in [0, 0.1) is 19.8 Å². The Bertz CT molecular complexity index is 739. The van der Waals surface area contributed by atoms with Crippen molar-refractivity contribution in [3.63, 3.8) is 0 Å². The Labute approximate surface area is 162 Å². The average Bonchev–Trinajstić information content (AvgIpc) is 3.23. The number of hydrogen-bond acceptors (Lipinski definition) is 5. The molecule has 0 unspecified atom stereocenters. The third kappa shape index (κ3) is 4.24. The lowest BCUT2D eigenvalue weighted by Crippen LogP contribution is -2.39. The number of aliphatic carboxylic acids is 1. The molecule has 3 rings (SSSR count). The molecular weight excluding hydrogens is 366 g/mol. The van der Waals surface area contributed by atoms with Gasteiger partial charge in [-0.1, -0.05) is 0 Å². The fraction of sp³-hybridized carbons (Fsp3) is 0.500. The van der Waals surface area contributed by atoms with Crippen LogP contribution in [0.4, 0.5) is 0 Å². The minimum atomic E-state index is -0.720. The Hall–Kier alpha value is -1.50. The van der Waals surface area contributed by atoms with Crippen molar-refractivity contribution in [3.8, 4) is 0 Å². The summed E-state index contributed by atoms with van der Waals surface area (Å²) in [6, 6.07) is 4.15. The van der Waals surface area contributed by atoms with Crippen molar-refractivity contribution in [1.29, 1.82) is 0 Å². The largest absolute Gasteiger partial charge is 0.481 e. The minimum absolute atomic E-state index is 0.185. The van der Waals surface area contributed by atoms with Crippen LogP contribution < -0.4 is 0 Å². The number of nitrogens with zero attached hydrogens (tertiary/aromatic N) is 1. The zero-order valence-electron chi connectivity index (χ0n) is 15.2. The van der Waals surface area contributed by atoms with Crippen molar-refractivity contribution < 1.29 is 14.7 Å². The zero-order valence-corrected chi connectivity index (χ0v) is 16.9. The maximum atomic E-state index is 13.2. The molecule has 140 valence electrons. The highest BCUT2D eigenvalue weighted by Gasteiger charge is 2.29. The average molecular weight is 392 g/mol. The van der Waals surface area contributed by atoms with Crippen LogP contribution in [0.1, 0.15) is 46.1 Å². The number of carboxylic acid groups (broad SMARTS) is 1. The topological polar surface area (TPSA) is 57.6 Å². The molecule has 3 heterocycles. The lowest BCUT2D eigenvalue weighted by molar-refractivity contribution is -0.143. The Morgan fingerprint density at radius 2 is 1.81 bits per heavy atom. The van der Waals surface area contributed by atoms with Crippen molar-refractivity contribution in [3.05, 3.63) is 43.8 Å². The first-order valence-corrected chi connectivity index (χ1v) is 10.8. The number of carbonyl (C=O) groups is 2. The van der Waals surface area contributed by atoms with Crippen molar-refractivity contribution in [2.75, 3.05) is 19.6 Å². The second-order valence-corrected chi connectivity index (χ2v) is 8.96. The van der Waals surface area contributed by atoms with E-state index >= 15 is 0 Å². The van der Waals surface area contributed by atoms with Crippen molar-refractivity contribution in [2.45, 2.75) is 39.0 Å². The third-order valence-corrected chi connectivity index (χ3v) is 7.35. The van der Waals surface area contributed by atoms with E-state index in [4.69, 9.17) is 0 Å². The van der Waals surface area contributed by atoms with Crippen LogP contribution >= 0.6 is 22.7 Å². The minimum Gasteiger partial charge on any atom is -0.481 e. The van der Waals surface area contributed by atoms with E-state index in [-0.39, 0.29) is 17.6 Å². The van der Waals surface area contributed by atoms with Gasteiger partial charge in [-0.05, 0) is 67.3 Å². The SMILES string of the molecule is Cc1ccsc1C(C(=O)CCN1CCC[C@H](C(=O)O)C1)c1sccc1C. The third-order valence-electron chi connectivity index (χ3n) is 5.18. The number of piperidine rings is 1. The van der Waals surface area contributed by atoms with Crippen LogP contribution in [0.3, 0.4) is 0 Å². The van der Waals surface area contributed by atoms with E-state index in [1.807, 2.05) is 0 Å². The monoisotopic (exact) mass is 391 g/mol. The first kappa shape index (κ1) is 19.3. The summed E-state index contributed by atoms with van der Waals surface area (Å²) in [5, 5.41) is 13.3. The summed E-state index contributed by atoms with van der Waals surface area (Å²) in [6.45, 7) is 6.23. The molecule has 0 aromatic carbocycles. The summed E-state index contributed by atoms with van der Waals surface area (Å²) in [5.74, 6) is -0.968. The lowest BCUT2D eigenvalue weighted by atomic mass is 9.93. The molecule has 2 aromatic heterocycles. The normalized spacial score (nSPS) is 18.3. The number of aryl methyl sites for hydroxylation is 2. The Kier molecular flexibility index (Phi) is 6.27. The van der Waals surface area contributed by atoms with Gasteiger partial charge < -0.3 is 10.0 Å². The fourth-order valence-corrected chi connectivity index (χ4v) is 5.84. The molecule has 0 spiro atoms. The van der Waals surface area contributed by atoms with Gasteiger partial charge in [-0.2, -0.15) is 0 Å². The Balaban J connectivity index is 1.72. The number of Topliss-reactive ketones (excluding diaryl/α,β-unsaturated/α-hetero) is 1. The highest BCUT2D eigenvalue weighted by Crippen LogP contribution is 2.37. The van der Waals surface area contributed by atoms with E-state index < -0.39 is 5.97 Å². The number of rotatable bonds is 7. The molecule has 0 radical (unpaired) electrons. The van der Waals surface area contributed by atoms with E-state index in [1.165, 1.54) is 11.1 Å². The van der Waals surface area contributed by atoms with Crippen molar-refractivity contribution in [1.82, 2.24) is 4.90 Å². The van der Waals surface area contributed by atoms with E-state index in [0.29, 0.717) is 19.5 Å². The van der Waals surface area contributed by atoms with E-state index in [0.717, 1.165) is 29.1 Å². The molecule has 0 bridgehead atoms. The van der Waals surface area contributed by atoms with Gasteiger partial charge in [-0.15, -0.1) is 22.7 Å². The summed E-state index contributed by atoms with van der Waals surface area (Å²) in [7, 11) is 0. The summed E-state index contributed by atoms with van der Waals surface area (Å²) in [5.41, 5.74) is 2.34. The molecule has 26 heavy (non-hydrogen) atoms. The molecule has 1 saturated heterocycles. The molecule has 6 heteroatoms. The number of ketones is 1. The second-order valence-electron chi connectivity index (χ2n) is 7.06. The summed E-state index contributed by atoms with van der Waals surface area (Å²) in [4.78, 5) is 28.8. The van der Waals surface area contributed by atoms with Crippen LogP contribution in [0.25, 0.3) is 0 Å². The maximum Gasteiger partial charge on any atom is 0.307 e. The van der Waals surface area contributed by atoms with Gasteiger partial charge in [-0.25, -0.2) is 0 Å². The number of hydrogen-bond donors (Lipinski definition) is 1. The summed E-state index contributed by atoms with van der Waals surface area (Å²) < 4.78 is 0. The molecule has 0 saturated carbocycles. The molecule has 4 nitrogen and oxygen atoms in total. The van der Waals surface area contributed by atoms with E-state index in [1.54, 1.807) is 22.7 Å². The number of likely N-dealkylation sites (tertiary alicyclic amines) is 1. The highest BCUT2D eigenvalue weighted by molar-refractivity contribution is 7.12. The molecule has 0 amide bonds. The molecule has 2 aromatic rings. The van der Waals surface area contributed by atoms with Gasteiger partial charge in [0, 0.05) is 29.3 Å². The van der Waals surface area contributed by atoms with Gasteiger partial charge in [0.1, 0.15) is 5.78 Å².